The lowest BCUT2D eigenvalue weighted by atomic mass is 10.2. The molecule has 0 amide bonds. The van der Waals surface area contributed by atoms with E-state index in [2.05, 4.69) is 16.9 Å². The van der Waals surface area contributed by atoms with Crippen molar-refractivity contribution >= 4 is 5.97 Å². The van der Waals surface area contributed by atoms with E-state index in [1.807, 2.05) is 14.0 Å². The predicted octanol–water partition coefficient (Wildman–Crippen LogP) is 1.83. The number of hydrogen-bond donors (Lipinski definition) is 0. The molecule has 1 aliphatic carbocycles. The summed E-state index contributed by atoms with van der Waals surface area (Å²) in [5, 5.41) is 4.19. The molecule has 1 fully saturated rings. The van der Waals surface area contributed by atoms with Gasteiger partial charge >= 0.3 is 5.97 Å². The molecule has 5 nitrogen and oxygen atoms in total. The second-order valence-electron chi connectivity index (χ2n) is 5.12. The summed E-state index contributed by atoms with van der Waals surface area (Å²) in [5.74, 6) is 0.576. The first-order chi connectivity index (χ1) is 9.15. The predicted molar refractivity (Wildman–Crippen MR) is 72.8 cm³/mol. The lowest BCUT2D eigenvalue weighted by Gasteiger charge is -2.20. The molecule has 1 aliphatic rings. The number of carbonyl (C=O) groups excluding carboxylic acids is 1. The molecular formula is C14H23N3O2. The monoisotopic (exact) mass is 265 g/mol. The number of esters is 1. The Hall–Kier alpha value is -1.36. The van der Waals surface area contributed by atoms with E-state index in [0.717, 1.165) is 31.2 Å². The van der Waals surface area contributed by atoms with Crippen molar-refractivity contribution in [3.63, 3.8) is 0 Å². The topological polar surface area (TPSA) is 47.4 Å². The van der Waals surface area contributed by atoms with Crippen LogP contribution in [0.4, 0.5) is 0 Å². The molecule has 0 radical (unpaired) electrons. The molecule has 0 unspecified atom stereocenters. The van der Waals surface area contributed by atoms with Crippen LogP contribution in [0.5, 0.6) is 0 Å². The second kappa shape index (κ2) is 6.19. The van der Waals surface area contributed by atoms with Crippen LogP contribution in [0, 0.1) is 5.92 Å². The van der Waals surface area contributed by atoms with E-state index in [0.29, 0.717) is 12.2 Å². The van der Waals surface area contributed by atoms with Gasteiger partial charge in [0, 0.05) is 20.1 Å². The smallest absolute Gasteiger partial charge is 0.341 e. The van der Waals surface area contributed by atoms with Crippen molar-refractivity contribution in [3.8, 4) is 0 Å². The van der Waals surface area contributed by atoms with Gasteiger partial charge in [0.25, 0.3) is 0 Å². The van der Waals surface area contributed by atoms with Gasteiger partial charge in [0.15, 0.2) is 0 Å². The van der Waals surface area contributed by atoms with Crippen LogP contribution in [0.15, 0.2) is 6.20 Å². The molecule has 0 atom stereocenters. The van der Waals surface area contributed by atoms with Crippen LogP contribution >= 0.6 is 0 Å². The van der Waals surface area contributed by atoms with Crippen molar-refractivity contribution in [2.75, 3.05) is 19.7 Å². The molecule has 106 valence electrons. The number of carbonyl (C=O) groups is 1. The zero-order valence-corrected chi connectivity index (χ0v) is 12.1. The lowest BCUT2D eigenvalue weighted by Crippen LogP contribution is -2.27. The normalized spacial score (nSPS) is 14.9. The molecule has 0 aliphatic heterocycles. The van der Waals surface area contributed by atoms with E-state index < -0.39 is 0 Å². The van der Waals surface area contributed by atoms with Crippen LogP contribution in [-0.2, 0) is 18.3 Å². The molecule has 1 aromatic heterocycles. The van der Waals surface area contributed by atoms with Crippen molar-refractivity contribution in [3.05, 3.63) is 17.5 Å². The number of ether oxygens (including phenoxy) is 1. The van der Waals surface area contributed by atoms with Crippen molar-refractivity contribution < 1.29 is 9.53 Å². The number of aromatic nitrogens is 2. The molecule has 0 N–H and O–H groups in total. The minimum absolute atomic E-state index is 0.270. The molecule has 1 saturated carbocycles. The van der Waals surface area contributed by atoms with Gasteiger partial charge in [0.05, 0.1) is 18.5 Å². The highest BCUT2D eigenvalue weighted by Gasteiger charge is 2.25. The van der Waals surface area contributed by atoms with E-state index in [-0.39, 0.29) is 5.97 Å². The summed E-state index contributed by atoms with van der Waals surface area (Å²) in [6.07, 6.45) is 4.29. The Morgan fingerprint density at radius 2 is 2.26 bits per heavy atom. The maximum absolute atomic E-state index is 11.9. The van der Waals surface area contributed by atoms with Crippen LogP contribution in [0.1, 0.15) is 42.7 Å². The minimum atomic E-state index is -0.270. The Bertz CT molecular complexity index is 438. The summed E-state index contributed by atoms with van der Waals surface area (Å²) in [4.78, 5) is 14.3. The van der Waals surface area contributed by atoms with Gasteiger partial charge < -0.3 is 4.74 Å². The zero-order valence-electron chi connectivity index (χ0n) is 12.1. The molecule has 2 rings (SSSR count). The van der Waals surface area contributed by atoms with E-state index in [9.17, 15) is 4.79 Å². The third kappa shape index (κ3) is 3.56. The molecule has 0 spiro atoms. The minimum Gasteiger partial charge on any atom is -0.462 e. The van der Waals surface area contributed by atoms with E-state index in [1.54, 1.807) is 10.9 Å². The molecule has 1 aromatic rings. The summed E-state index contributed by atoms with van der Waals surface area (Å²) in [7, 11) is 1.88. The fraction of sp³-hybridized carbons (Fsp3) is 0.714. The highest BCUT2D eigenvalue weighted by molar-refractivity contribution is 5.90. The Balaban J connectivity index is 2.08. The molecule has 19 heavy (non-hydrogen) atoms. The van der Waals surface area contributed by atoms with E-state index in [4.69, 9.17) is 4.74 Å². The first-order valence-corrected chi connectivity index (χ1v) is 7.06. The number of rotatable bonds is 7. The third-order valence-electron chi connectivity index (χ3n) is 3.59. The summed E-state index contributed by atoms with van der Waals surface area (Å²) in [5.41, 5.74) is 1.54. The Kier molecular flexibility index (Phi) is 4.58. The quantitative estimate of drug-likeness (QED) is 0.706. The fourth-order valence-electron chi connectivity index (χ4n) is 2.21. The summed E-state index contributed by atoms with van der Waals surface area (Å²) in [6, 6.07) is 0. The van der Waals surface area contributed by atoms with E-state index in [1.165, 1.54) is 12.8 Å². The number of aryl methyl sites for hydroxylation is 1. The van der Waals surface area contributed by atoms with Crippen LogP contribution < -0.4 is 0 Å². The highest BCUT2D eigenvalue weighted by Crippen LogP contribution is 2.30. The van der Waals surface area contributed by atoms with Crippen molar-refractivity contribution in [1.82, 2.24) is 14.7 Å². The molecule has 1 heterocycles. The van der Waals surface area contributed by atoms with Crippen LogP contribution in [0.25, 0.3) is 0 Å². The van der Waals surface area contributed by atoms with Gasteiger partial charge in [-0.05, 0) is 32.2 Å². The summed E-state index contributed by atoms with van der Waals surface area (Å²) < 4.78 is 6.86. The molecular weight excluding hydrogens is 242 g/mol. The van der Waals surface area contributed by atoms with Gasteiger partial charge in [-0.25, -0.2) is 4.79 Å². The van der Waals surface area contributed by atoms with Crippen molar-refractivity contribution in [1.29, 1.82) is 0 Å². The second-order valence-corrected chi connectivity index (χ2v) is 5.12. The number of hydrogen-bond acceptors (Lipinski definition) is 4. The van der Waals surface area contributed by atoms with E-state index >= 15 is 0 Å². The van der Waals surface area contributed by atoms with Gasteiger partial charge in [-0.15, -0.1) is 0 Å². The van der Waals surface area contributed by atoms with Crippen molar-refractivity contribution in [2.45, 2.75) is 33.2 Å². The Labute approximate surface area is 114 Å². The molecule has 0 aromatic carbocycles. The Morgan fingerprint density at radius 1 is 1.53 bits per heavy atom. The van der Waals surface area contributed by atoms with Gasteiger partial charge in [-0.2, -0.15) is 5.10 Å². The van der Waals surface area contributed by atoms with Gasteiger partial charge in [0.2, 0.25) is 0 Å². The van der Waals surface area contributed by atoms with Crippen molar-refractivity contribution in [2.24, 2.45) is 13.0 Å². The molecule has 0 saturated heterocycles. The van der Waals surface area contributed by atoms with Gasteiger partial charge in [-0.1, -0.05) is 6.92 Å². The lowest BCUT2D eigenvalue weighted by molar-refractivity contribution is 0.0523. The molecule has 5 heteroatoms. The Morgan fingerprint density at radius 3 is 2.84 bits per heavy atom. The van der Waals surface area contributed by atoms with Crippen LogP contribution in [0.2, 0.25) is 0 Å². The maximum atomic E-state index is 11.9. The van der Waals surface area contributed by atoms with Crippen LogP contribution in [0.3, 0.4) is 0 Å². The fourth-order valence-corrected chi connectivity index (χ4v) is 2.21. The number of nitrogens with zero attached hydrogens (tertiary/aromatic N) is 3. The average Bonchev–Trinajstić information content (AvgIpc) is 3.13. The standard InChI is InChI=1S/C14H23N3O2/c1-4-17(9-11-6-7-11)10-13-12(8-15-16(13)3)14(18)19-5-2/h8,11H,4-7,9-10H2,1-3H3. The summed E-state index contributed by atoms with van der Waals surface area (Å²) in [6.45, 7) is 7.24. The largest absolute Gasteiger partial charge is 0.462 e. The zero-order chi connectivity index (χ0) is 13.8. The first kappa shape index (κ1) is 14.1. The highest BCUT2D eigenvalue weighted by atomic mass is 16.5. The van der Waals surface area contributed by atoms with Gasteiger partial charge in [-0.3, -0.25) is 9.58 Å². The third-order valence-corrected chi connectivity index (χ3v) is 3.59. The molecule has 0 bridgehead atoms. The van der Waals surface area contributed by atoms with Crippen LogP contribution in [-0.4, -0.2) is 40.3 Å². The average molecular weight is 265 g/mol. The first-order valence-electron chi connectivity index (χ1n) is 7.06. The summed E-state index contributed by atoms with van der Waals surface area (Å²) >= 11 is 0. The maximum Gasteiger partial charge on any atom is 0.341 e. The van der Waals surface area contributed by atoms with Gasteiger partial charge in [0.1, 0.15) is 5.56 Å². The SMILES string of the molecule is CCOC(=O)c1cnn(C)c1CN(CC)CC1CC1.